The predicted octanol–water partition coefficient (Wildman–Crippen LogP) is 2.49. The van der Waals surface area contributed by atoms with E-state index in [0.29, 0.717) is 0 Å². The highest BCUT2D eigenvalue weighted by Crippen LogP contribution is 2.24. The first-order chi connectivity index (χ1) is 7.83. The number of nitrogens with one attached hydrogen (secondary N) is 1. The van der Waals surface area contributed by atoms with Gasteiger partial charge in [0.25, 0.3) is 0 Å². The molecule has 1 unspecified atom stereocenters. The summed E-state index contributed by atoms with van der Waals surface area (Å²) in [6.45, 7) is 5.22. The number of aromatic nitrogens is 1. The van der Waals surface area contributed by atoms with E-state index in [-0.39, 0.29) is 6.04 Å². The Kier molecular flexibility index (Phi) is 6.26. The van der Waals surface area contributed by atoms with Crippen molar-refractivity contribution in [3.63, 3.8) is 0 Å². The Labute approximate surface area is 102 Å². The second-order valence-electron chi connectivity index (χ2n) is 3.36. The van der Waals surface area contributed by atoms with Crippen LogP contribution in [0, 0.1) is 0 Å². The first kappa shape index (κ1) is 13.3. The molecule has 0 radical (unpaired) electrons. The van der Waals surface area contributed by atoms with Gasteiger partial charge >= 0.3 is 0 Å². The fraction of sp³-hybridized carbons (Fsp3) is 0.583. The fourth-order valence-corrected chi connectivity index (χ4v) is 2.30. The van der Waals surface area contributed by atoms with Gasteiger partial charge < -0.3 is 10.1 Å². The molecule has 0 fully saturated rings. The summed E-state index contributed by atoms with van der Waals surface area (Å²) in [7, 11) is 1.69. The normalized spacial score (nSPS) is 12.4. The molecule has 0 bridgehead atoms. The van der Waals surface area contributed by atoms with Crippen molar-refractivity contribution in [1.29, 1.82) is 0 Å². The molecule has 0 saturated carbocycles. The van der Waals surface area contributed by atoms with Gasteiger partial charge in [-0.1, -0.05) is 13.8 Å². The largest absolute Gasteiger partial charge is 0.495 e. The molecule has 0 amide bonds. The topological polar surface area (TPSA) is 34.2 Å². The Hall–Kier alpha value is -0.740. The number of rotatable bonds is 7. The molecule has 0 aliphatic rings. The van der Waals surface area contributed by atoms with Crippen molar-refractivity contribution in [1.82, 2.24) is 10.3 Å². The highest BCUT2D eigenvalue weighted by Gasteiger charge is 2.15. The summed E-state index contributed by atoms with van der Waals surface area (Å²) in [5, 5.41) is 3.45. The Morgan fingerprint density at radius 2 is 2.31 bits per heavy atom. The first-order valence-electron chi connectivity index (χ1n) is 5.63. The highest BCUT2D eigenvalue weighted by molar-refractivity contribution is 7.99. The second kappa shape index (κ2) is 7.52. The zero-order valence-corrected chi connectivity index (χ0v) is 11.0. The lowest BCUT2D eigenvalue weighted by atomic mass is 10.2. The molecule has 1 aromatic heterocycles. The molecule has 1 atom stereocenters. The lowest BCUT2D eigenvalue weighted by molar-refractivity contribution is 0.398. The fourth-order valence-electron chi connectivity index (χ4n) is 1.55. The van der Waals surface area contributed by atoms with E-state index in [1.54, 1.807) is 7.11 Å². The minimum atomic E-state index is 0.270. The van der Waals surface area contributed by atoms with Gasteiger partial charge in [0, 0.05) is 11.9 Å². The van der Waals surface area contributed by atoms with Gasteiger partial charge in [-0.25, -0.2) is 0 Å². The van der Waals surface area contributed by atoms with Crippen LogP contribution in [0.4, 0.5) is 0 Å². The maximum Gasteiger partial charge on any atom is 0.142 e. The van der Waals surface area contributed by atoms with Crippen molar-refractivity contribution in [2.24, 2.45) is 0 Å². The molecule has 3 nitrogen and oxygen atoms in total. The van der Waals surface area contributed by atoms with Crippen LogP contribution in [0.25, 0.3) is 0 Å². The van der Waals surface area contributed by atoms with Crippen molar-refractivity contribution in [3.8, 4) is 5.75 Å². The van der Waals surface area contributed by atoms with Crippen LogP contribution in [0.5, 0.6) is 5.75 Å². The maximum atomic E-state index is 5.34. The lowest BCUT2D eigenvalue weighted by Gasteiger charge is -2.18. The first-order valence-corrected chi connectivity index (χ1v) is 6.78. The third-order valence-electron chi connectivity index (χ3n) is 2.29. The molecule has 0 aliphatic carbocycles. The summed E-state index contributed by atoms with van der Waals surface area (Å²) in [6.07, 6.45) is 1.82. The number of ether oxygens (including phenoxy) is 1. The van der Waals surface area contributed by atoms with Crippen molar-refractivity contribution < 1.29 is 4.74 Å². The van der Waals surface area contributed by atoms with E-state index in [1.807, 2.05) is 30.1 Å². The van der Waals surface area contributed by atoms with Crippen molar-refractivity contribution in [2.75, 3.05) is 25.2 Å². The van der Waals surface area contributed by atoms with E-state index in [0.717, 1.165) is 29.5 Å². The van der Waals surface area contributed by atoms with E-state index < -0.39 is 0 Å². The standard InChI is InChI=1S/C12H20N2OS/c1-4-13-10(9-16-5-2)12-11(15-3)7-6-8-14-12/h6-8,10,13H,4-5,9H2,1-3H3. The van der Waals surface area contributed by atoms with E-state index in [4.69, 9.17) is 4.74 Å². The maximum absolute atomic E-state index is 5.34. The quantitative estimate of drug-likeness (QED) is 0.794. The van der Waals surface area contributed by atoms with Crippen molar-refractivity contribution >= 4 is 11.8 Å². The molecule has 1 aromatic rings. The van der Waals surface area contributed by atoms with E-state index in [2.05, 4.69) is 24.1 Å². The van der Waals surface area contributed by atoms with Crippen molar-refractivity contribution in [3.05, 3.63) is 24.0 Å². The average molecular weight is 240 g/mol. The van der Waals surface area contributed by atoms with Gasteiger partial charge in [-0.05, 0) is 24.4 Å². The summed E-state index contributed by atoms with van der Waals surface area (Å²) in [5.74, 6) is 3.01. The number of pyridine rings is 1. The molecule has 0 aliphatic heterocycles. The SMILES string of the molecule is CCNC(CSCC)c1ncccc1OC. The number of hydrogen-bond donors (Lipinski definition) is 1. The summed E-state index contributed by atoms with van der Waals surface area (Å²) in [4.78, 5) is 4.42. The number of hydrogen-bond acceptors (Lipinski definition) is 4. The molecule has 0 aromatic carbocycles. The van der Waals surface area contributed by atoms with Crippen LogP contribution < -0.4 is 10.1 Å². The van der Waals surface area contributed by atoms with Crippen LogP contribution in [0.15, 0.2) is 18.3 Å². The molecule has 1 N–H and O–H groups in total. The Bertz CT molecular complexity index is 307. The molecule has 1 rings (SSSR count). The molecular formula is C12H20N2OS. The minimum Gasteiger partial charge on any atom is -0.495 e. The van der Waals surface area contributed by atoms with E-state index >= 15 is 0 Å². The number of nitrogens with zero attached hydrogens (tertiary/aromatic N) is 1. The van der Waals surface area contributed by atoms with Gasteiger partial charge in [-0.15, -0.1) is 0 Å². The summed E-state index contributed by atoms with van der Waals surface area (Å²) < 4.78 is 5.34. The molecule has 16 heavy (non-hydrogen) atoms. The van der Waals surface area contributed by atoms with Gasteiger partial charge in [0.2, 0.25) is 0 Å². The van der Waals surface area contributed by atoms with Crippen LogP contribution in [-0.2, 0) is 0 Å². The van der Waals surface area contributed by atoms with Crippen molar-refractivity contribution in [2.45, 2.75) is 19.9 Å². The summed E-state index contributed by atoms with van der Waals surface area (Å²) >= 11 is 1.91. The van der Waals surface area contributed by atoms with Gasteiger partial charge in [0.05, 0.1) is 18.8 Å². The third-order valence-corrected chi connectivity index (χ3v) is 3.27. The summed E-state index contributed by atoms with van der Waals surface area (Å²) in [5.41, 5.74) is 1.01. The zero-order chi connectivity index (χ0) is 11.8. The van der Waals surface area contributed by atoms with Crippen LogP contribution in [-0.4, -0.2) is 30.1 Å². The van der Waals surface area contributed by atoms with Gasteiger partial charge in [0.15, 0.2) is 0 Å². The van der Waals surface area contributed by atoms with Crippen LogP contribution in [0.3, 0.4) is 0 Å². The van der Waals surface area contributed by atoms with Crippen LogP contribution >= 0.6 is 11.8 Å². The number of methoxy groups -OCH3 is 1. The predicted molar refractivity (Wildman–Crippen MR) is 70.2 cm³/mol. The van der Waals surface area contributed by atoms with Crippen LogP contribution in [0.2, 0.25) is 0 Å². The molecule has 0 spiro atoms. The molecule has 0 saturated heterocycles. The number of thioether (sulfide) groups is 1. The van der Waals surface area contributed by atoms with Gasteiger partial charge in [-0.2, -0.15) is 11.8 Å². The molecular weight excluding hydrogens is 220 g/mol. The van der Waals surface area contributed by atoms with E-state index in [1.165, 1.54) is 0 Å². The highest BCUT2D eigenvalue weighted by atomic mass is 32.2. The lowest BCUT2D eigenvalue weighted by Crippen LogP contribution is -2.24. The molecule has 90 valence electrons. The minimum absolute atomic E-state index is 0.270. The third kappa shape index (κ3) is 3.68. The molecule has 1 heterocycles. The average Bonchev–Trinajstić information content (AvgIpc) is 2.34. The Balaban J connectivity index is 2.81. The zero-order valence-electron chi connectivity index (χ0n) is 10.2. The Morgan fingerprint density at radius 3 is 2.94 bits per heavy atom. The molecule has 4 heteroatoms. The monoisotopic (exact) mass is 240 g/mol. The van der Waals surface area contributed by atoms with E-state index in [9.17, 15) is 0 Å². The second-order valence-corrected chi connectivity index (χ2v) is 4.68. The smallest absolute Gasteiger partial charge is 0.142 e. The Morgan fingerprint density at radius 1 is 1.50 bits per heavy atom. The summed E-state index contributed by atoms with van der Waals surface area (Å²) in [6, 6.07) is 4.13. The van der Waals surface area contributed by atoms with Crippen LogP contribution in [0.1, 0.15) is 25.6 Å². The van der Waals surface area contributed by atoms with Gasteiger partial charge in [0.1, 0.15) is 5.75 Å². The van der Waals surface area contributed by atoms with Gasteiger partial charge in [-0.3, -0.25) is 4.98 Å².